The lowest BCUT2D eigenvalue weighted by Crippen LogP contribution is -1.95. The maximum absolute atomic E-state index is 13.0. The Bertz CT molecular complexity index is 1140. The van der Waals surface area contributed by atoms with E-state index in [9.17, 15) is 9.18 Å². The highest BCUT2D eigenvalue weighted by Crippen LogP contribution is 2.43. The Kier molecular flexibility index (Phi) is 5.48. The number of benzene rings is 3. The van der Waals surface area contributed by atoms with Crippen LogP contribution < -0.4 is 4.74 Å². The summed E-state index contributed by atoms with van der Waals surface area (Å²) in [6.45, 7) is 2.05. The first-order chi connectivity index (χ1) is 14.5. The molecule has 0 aromatic heterocycles. The van der Waals surface area contributed by atoms with Crippen LogP contribution in [0.1, 0.15) is 36.5 Å². The first-order valence-corrected chi connectivity index (χ1v) is 9.78. The smallest absolute Gasteiger partial charge is 0.303 e. The molecule has 0 bridgehead atoms. The number of carbonyl (C=O) groups is 1. The molecule has 0 spiro atoms. The van der Waals surface area contributed by atoms with Crippen LogP contribution in [0.25, 0.3) is 17.2 Å². The molecule has 0 radical (unpaired) electrons. The second-order valence-electron chi connectivity index (χ2n) is 7.23. The maximum Gasteiger partial charge on any atom is 0.303 e. The van der Waals surface area contributed by atoms with E-state index in [1.54, 1.807) is 12.1 Å². The van der Waals surface area contributed by atoms with Gasteiger partial charge in [0.1, 0.15) is 17.3 Å². The number of carboxylic acid groups (broad SMARTS) is 1. The van der Waals surface area contributed by atoms with E-state index < -0.39 is 5.97 Å². The lowest BCUT2D eigenvalue weighted by Gasteiger charge is -2.07. The van der Waals surface area contributed by atoms with E-state index in [2.05, 4.69) is 25.1 Å². The van der Waals surface area contributed by atoms with Crippen molar-refractivity contribution in [2.24, 2.45) is 0 Å². The number of ether oxygens (including phenoxy) is 1. The predicted octanol–water partition coefficient (Wildman–Crippen LogP) is 6.81. The zero-order chi connectivity index (χ0) is 21.1. The van der Waals surface area contributed by atoms with Crippen molar-refractivity contribution in [3.05, 3.63) is 101 Å². The van der Waals surface area contributed by atoms with Gasteiger partial charge < -0.3 is 9.84 Å². The summed E-state index contributed by atoms with van der Waals surface area (Å²) < 4.78 is 18.8. The van der Waals surface area contributed by atoms with Crippen LogP contribution in [-0.2, 0) is 4.79 Å². The third-order valence-electron chi connectivity index (χ3n) is 5.23. The average molecular weight is 400 g/mol. The van der Waals surface area contributed by atoms with Crippen molar-refractivity contribution in [2.45, 2.75) is 19.8 Å². The summed E-state index contributed by atoms with van der Waals surface area (Å²) >= 11 is 0. The van der Waals surface area contributed by atoms with Crippen molar-refractivity contribution >= 4 is 23.2 Å². The largest absolute Gasteiger partial charge is 0.481 e. The maximum atomic E-state index is 13.0. The molecular weight excluding hydrogens is 379 g/mol. The van der Waals surface area contributed by atoms with Crippen molar-refractivity contribution in [1.82, 2.24) is 0 Å². The molecule has 3 nitrogen and oxygen atoms in total. The summed E-state index contributed by atoms with van der Waals surface area (Å²) in [6, 6.07) is 21.7. The third kappa shape index (κ3) is 4.18. The Hall–Kier alpha value is -3.66. The molecule has 30 heavy (non-hydrogen) atoms. The highest BCUT2D eigenvalue weighted by Gasteiger charge is 2.23. The van der Waals surface area contributed by atoms with Crippen molar-refractivity contribution < 1.29 is 19.0 Å². The fourth-order valence-electron chi connectivity index (χ4n) is 3.73. The fourth-order valence-corrected chi connectivity index (χ4v) is 3.73. The fraction of sp³-hybridized carbons (Fsp3) is 0.115. The highest BCUT2D eigenvalue weighted by molar-refractivity contribution is 6.05. The molecule has 0 saturated heterocycles. The molecule has 0 unspecified atom stereocenters. The first kappa shape index (κ1) is 19.6. The number of halogens is 1. The average Bonchev–Trinajstić information content (AvgIpc) is 3.01. The van der Waals surface area contributed by atoms with Crippen LogP contribution in [0.15, 0.2) is 78.4 Å². The highest BCUT2D eigenvalue weighted by atomic mass is 19.1. The molecule has 0 atom stereocenters. The zero-order valence-corrected chi connectivity index (χ0v) is 16.6. The van der Waals surface area contributed by atoms with E-state index in [4.69, 9.17) is 9.84 Å². The Morgan fingerprint density at radius 1 is 0.933 bits per heavy atom. The van der Waals surface area contributed by atoms with Gasteiger partial charge in [0.15, 0.2) is 0 Å². The molecule has 1 aliphatic rings. The Morgan fingerprint density at radius 3 is 2.17 bits per heavy atom. The van der Waals surface area contributed by atoms with Gasteiger partial charge in [-0.05, 0) is 89.2 Å². The lowest BCUT2D eigenvalue weighted by atomic mass is 10.0. The van der Waals surface area contributed by atoms with E-state index in [1.807, 2.05) is 36.4 Å². The van der Waals surface area contributed by atoms with Gasteiger partial charge in [-0.15, -0.1) is 0 Å². The van der Waals surface area contributed by atoms with Crippen molar-refractivity contribution in [2.75, 3.05) is 0 Å². The van der Waals surface area contributed by atoms with Gasteiger partial charge in [0.25, 0.3) is 0 Å². The standard InChI is InChI=1S/C26H21FO3/c1-17-22(14-15-26(28)29)23-4-2-3-5-24(23)25(17)16-18-6-10-20(11-7-18)30-21-12-8-19(27)9-13-21/h2-13,16H,14-15H2,1H3,(H,28,29)/b25-16-. The quantitative estimate of drug-likeness (QED) is 0.494. The Labute approximate surface area is 174 Å². The molecule has 4 heteroatoms. The van der Waals surface area contributed by atoms with Gasteiger partial charge in [0.05, 0.1) is 0 Å². The van der Waals surface area contributed by atoms with Gasteiger partial charge in [-0.2, -0.15) is 0 Å². The third-order valence-corrected chi connectivity index (χ3v) is 5.23. The van der Waals surface area contributed by atoms with Crippen molar-refractivity contribution in [1.29, 1.82) is 0 Å². The van der Waals surface area contributed by atoms with Crippen LogP contribution in [0.4, 0.5) is 4.39 Å². The summed E-state index contributed by atoms with van der Waals surface area (Å²) in [7, 11) is 0. The van der Waals surface area contributed by atoms with E-state index in [-0.39, 0.29) is 12.2 Å². The van der Waals surface area contributed by atoms with Gasteiger partial charge in [0, 0.05) is 6.42 Å². The van der Waals surface area contributed by atoms with Crippen LogP contribution in [0.3, 0.4) is 0 Å². The van der Waals surface area contributed by atoms with Crippen LogP contribution >= 0.6 is 0 Å². The second-order valence-corrected chi connectivity index (χ2v) is 7.23. The number of allylic oxidation sites excluding steroid dienone is 3. The summed E-state index contributed by atoms with van der Waals surface area (Å²) in [6.07, 6.45) is 2.74. The molecule has 150 valence electrons. The first-order valence-electron chi connectivity index (χ1n) is 9.78. The summed E-state index contributed by atoms with van der Waals surface area (Å²) in [4.78, 5) is 11.1. The molecule has 4 rings (SSSR count). The number of carboxylic acids is 1. The van der Waals surface area contributed by atoms with Crippen LogP contribution in [0.5, 0.6) is 11.5 Å². The number of rotatable bonds is 6. The van der Waals surface area contributed by atoms with Gasteiger partial charge in [-0.1, -0.05) is 36.4 Å². The van der Waals surface area contributed by atoms with Crippen LogP contribution in [0, 0.1) is 5.82 Å². The lowest BCUT2D eigenvalue weighted by molar-refractivity contribution is -0.136. The van der Waals surface area contributed by atoms with Crippen LogP contribution in [0.2, 0.25) is 0 Å². The van der Waals surface area contributed by atoms with Gasteiger partial charge in [-0.3, -0.25) is 4.79 Å². The molecule has 3 aromatic carbocycles. The Morgan fingerprint density at radius 2 is 1.53 bits per heavy atom. The molecule has 0 saturated carbocycles. The number of hydrogen-bond donors (Lipinski definition) is 1. The molecule has 0 fully saturated rings. The summed E-state index contributed by atoms with van der Waals surface area (Å²) in [5, 5.41) is 9.09. The van der Waals surface area contributed by atoms with E-state index in [1.165, 1.54) is 12.1 Å². The topological polar surface area (TPSA) is 46.5 Å². The van der Waals surface area contributed by atoms with Crippen LogP contribution in [-0.4, -0.2) is 11.1 Å². The molecule has 3 aromatic rings. The van der Waals surface area contributed by atoms with Crippen molar-refractivity contribution in [3.63, 3.8) is 0 Å². The minimum absolute atomic E-state index is 0.115. The van der Waals surface area contributed by atoms with Gasteiger partial charge >= 0.3 is 5.97 Å². The summed E-state index contributed by atoms with van der Waals surface area (Å²) in [5.74, 6) is 0.160. The van der Waals surface area contributed by atoms with E-state index in [0.717, 1.165) is 33.4 Å². The predicted molar refractivity (Wildman–Crippen MR) is 117 cm³/mol. The molecule has 0 aliphatic heterocycles. The molecule has 0 heterocycles. The SMILES string of the molecule is CC1=C(CCC(=O)O)c2ccccc2/C1=C\c1ccc(Oc2ccc(F)cc2)cc1. The molecule has 0 amide bonds. The number of fused-ring (bicyclic) bond motifs is 1. The van der Waals surface area contributed by atoms with Gasteiger partial charge in [0.2, 0.25) is 0 Å². The summed E-state index contributed by atoms with van der Waals surface area (Å²) in [5.41, 5.74) is 6.57. The Balaban J connectivity index is 1.60. The number of hydrogen-bond acceptors (Lipinski definition) is 2. The number of aliphatic carboxylic acids is 1. The van der Waals surface area contributed by atoms with Gasteiger partial charge in [-0.25, -0.2) is 4.39 Å². The minimum atomic E-state index is -0.790. The molecular formula is C26H21FO3. The normalized spacial score (nSPS) is 14.1. The molecule has 1 N–H and O–H groups in total. The minimum Gasteiger partial charge on any atom is -0.481 e. The van der Waals surface area contributed by atoms with E-state index in [0.29, 0.717) is 17.9 Å². The monoisotopic (exact) mass is 400 g/mol. The zero-order valence-electron chi connectivity index (χ0n) is 16.6. The van der Waals surface area contributed by atoms with Crippen molar-refractivity contribution in [3.8, 4) is 11.5 Å². The second kappa shape index (κ2) is 8.37. The molecule has 1 aliphatic carbocycles. The van der Waals surface area contributed by atoms with E-state index >= 15 is 0 Å².